The van der Waals surface area contributed by atoms with E-state index in [0.717, 1.165) is 36.3 Å². The van der Waals surface area contributed by atoms with Gasteiger partial charge in [-0.15, -0.1) is 5.10 Å². The van der Waals surface area contributed by atoms with Crippen LogP contribution < -0.4 is 10.9 Å². The third kappa shape index (κ3) is 3.53. The molecule has 0 bridgehead atoms. The third-order valence-electron chi connectivity index (χ3n) is 5.03. The molecule has 3 aromatic rings. The average Bonchev–Trinajstić information content (AvgIpc) is 3.34. The number of aryl methyl sites for hydroxylation is 2. The summed E-state index contributed by atoms with van der Waals surface area (Å²) in [6.07, 6.45) is 3.36. The zero-order chi connectivity index (χ0) is 19.7. The van der Waals surface area contributed by atoms with E-state index in [1.807, 2.05) is 32.0 Å². The molecule has 1 aliphatic rings. The van der Waals surface area contributed by atoms with E-state index in [2.05, 4.69) is 20.6 Å². The Morgan fingerprint density at radius 3 is 2.93 bits per heavy atom. The average molecular weight is 382 g/mol. The molecule has 0 saturated carbocycles. The molecule has 0 radical (unpaired) electrons. The van der Waals surface area contributed by atoms with Crippen LogP contribution in [0.5, 0.6) is 0 Å². The van der Waals surface area contributed by atoms with E-state index in [1.165, 1.54) is 15.6 Å². The van der Waals surface area contributed by atoms with E-state index < -0.39 is 5.56 Å². The largest absolute Gasteiger partial charge is 0.376 e. The Kier molecular flexibility index (Phi) is 4.91. The molecule has 1 aromatic carbocycles. The maximum absolute atomic E-state index is 12.7. The molecule has 0 aliphatic carbocycles. The van der Waals surface area contributed by atoms with Gasteiger partial charge in [0.15, 0.2) is 11.2 Å². The Labute approximate surface area is 161 Å². The summed E-state index contributed by atoms with van der Waals surface area (Å²) in [5.41, 5.74) is 3.16. The van der Waals surface area contributed by atoms with E-state index in [-0.39, 0.29) is 24.1 Å². The molecule has 1 aliphatic heterocycles. The van der Waals surface area contributed by atoms with Gasteiger partial charge in [-0.3, -0.25) is 14.2 Å². The Morgan fingerprint density at radius 2 is 2.18 bits per heavy atom. The Morgan fingerprint density at radius 1 is 1.32 bits per heavy atom. The molecule has 9 heteroatoms. The van der Waals surface area contributed by atoms with Crippen molar-refractivity contribution < 1.29 is 9.53 Å². The SMILES string of the molecule is Cc1ccc(-n2nnc3c(=O)n(CC(=O)NC[C@@H]4CCCO4)cnc32)cc1C. The summed E-state index contributed by atoms with van der Waals surface area (Å²) in [6, 6.07) is 5.86. The quantitative estimate of drug-likeness (QED) is 0.703. The monoisotopic (exact) mass is 382 g/mol. The minimum atomic E-state index is -0.396. The second-order valence-electron chi connectivity index (χ2n) is 7.06. The summed E-state index contributed by atoms with van der Waals surface area (Å²) in [5, 5.41) is 10.9. The zero-order valence-electron chi connectivity index (χ0n) is 15.9. The van der Waals surface area contributed by atoms with Crippen molar-refractivity contribution in [3.05, 3.63) is 46.0 Å². The van der Waals surface area contributed by atoms with Gasteiger partial charge >= 0.3 is 0 Å². The predicted molar refractivity (Wildman–Crippen MR) is 102 cm³/mol. The molecule has 1 fully saturated rings. The van der Waals surface area contributed by atoms with Gasteiger partial charge < -0.3 is 10.1 Å². The number of hydrogen-bond acceptors (Lipinski definition) is 6. The number of nitrogens with one attached hydrogen (secondary N) is 1. The predicted octanol–water partition coefficient (Wildman–Crippen LogP) is 0.889. The summed E-state index contributed by atoms with van der Waals surface area (Å²) in [7, 11) is 0. The number of carbonyl (C=O) groups is 1. The van der Waals surface area contributed by atoms with Crippen LogP contribution >= 0.6 is 0 Å². The lowest BCUT2D eigenvalue weighted by molar-refractivity contribution is -0.122. The van der Waals surface area contributed by atoms with Crippen molar-refractivity contribution in [2.75, 3.05) is 13.2 Å². The second kappa shape index (κ2) is 7.51. The molecular formula is C19H22N6O3. The number of nitrogens with zero attached hydrogens (tertiary/aromatic N) is 5. The van der Waals surface area contributed by atoms with Crippen molar-refractivity contribution >= 4 is 17.1 Å². The van der Waals surface area contributed by atoms with Gasteiger partial charge in [-0.2, -0.15) is 4.68 Å². The van der Waals surface area contributed by atoms with E-state index in [9.17, 15) is 9.59 Å². The molecule has 4 rings (SSSR count). The van der Waals surface area contributed by atoms with Crippen LogP contribution in [0.15, 0.2) is 29.3 Å². The molecule has 146 valence electrons. The van der Waals surface area contributed by atoms with E-state index in [1.54, 1.807) is 0 Å². The number of carbonyl (C=O) groups excluding carboxylic acids is 1. The van der Waals surface area contributed by atoms with Crippen LogP contribution in [0.4, 0.5) is 0 Å². The smallest absolute Gasteiger partial charge is 0.284 e. The van der Waals surface area contributed by atoms with Gasteiger partial charge in [-0.25, -0.2) is 4.98 Å². The van der Waals surface area contributed by atoms with E-state index in [0.29, 0.717) is 12.2 Å². The first kappa shape index (κ1) is 18.3. The molecular weight excluding hydrogens is 360 g/mol. The molecule has 1 saturated heterocycles. The maximum Gasteiger partial charge on any atom is 0.284 e. The Balaban J connectivity index is 1.55. The number of hydrogen-bond donors (Lipinski definition) is 1. The van der Waals surface area contributed by atoms with Crippen LogP contribution in [0.1, 0.15) is 24.0 Å². The highest BCUT2D eigenvalue weighted by Gasteiger charge is 2.18. The fraction of sp³-hybridized carbons (Fsp3) is 0.421. The van der Waals surface area contributed by atoms with Gasteiger partial charge in [0.25, 0.3) is 5.56 Å². The van der Waals surface area contributed by atoms with Crippen molar-refractivity contribution in [3.63, 3.8) is 0 Å². The van der Waals surface area contributed by atoms with E-state index in [4.69, 9.17) is 4.74 Å². The normalized spacial score (nSPS) is 16.6. The van der Waals surface area contributed by atoms with Crippen LogP contribution in [0, 0.1) is 13.8 Å². The third-order valence-corrected chi connectivity index (χ3v) is 5.03. The summed E-state index contributed by atoms with van der Waals surface area (Å²) in [4.78, 5) is 29.2. The maximum atomic E-state index is 12.7. The van der Waals surface area contributed by atoms with Crippen molar-refractivity contribution in [1.29, 1.82) is 0 Å². The van der Waals surface area contributed by atoms with Gasteiger partial charge in [0.2, 0.25) is 5.91 Å². The number of aromatic nitrogens is 5. The molecule has 2 aromatic heterocycles. The van der Waals surface area contributed by atoms with Gasteiger partial charge in [0.1, 0.15) is 12.9 Å². The first-order chi connectivity index (χ1) is 13.5. The van der Waals surface area contributed by atoms with Crippen molar-refractivity contribution in [2.24, 2.45) is 0 Å². The van der Waals surface area contributed by atoms with Crippen molar-refractivity contribution in [2.45, 2.75) is 39.3 Å². The minimum Gasteiger partial charge on any atom is -0.376 e. The number of fused-ring (bicyclic) bond motifs is 1. The zero-order valence-corrected chi connectivity index (χ0v) is 15.9. The molecule has 1 atom stereocenters. The van der Waals surface area contributed by atoms with E-state index >= 15 is 0 Å². The molecule has 28 heavy (non-hydrogen) atoms. The lowest BCUT2D eigenvalue weighted by atomic mass is 10.1. The van der Waals surface area contributed by atoms with Gasteiger partial charge in [0, 0.05) is 13.2 Å². The first-order valence-electron chi connectivity index (χ1n) is 9.29. The van der Waals surface area contributed by atoms with Crippen LogP contribution in [0.3, 0.4) is 0 Å². The van der Waals surface area contributed by atoms with Crippen molar-refractivity contribution in [3.8, 4) is 5.69 Å². The second-order valence-corrected chi connectivity index (χ2v) is 7.06. The lowest BCUT2D eigenvalue weighted by Crippen LogP contribution is -2.36. The summed E-state index contributed by atoms with van der Waals surface area (Å²) in [6.45, 7) is 5.10. The Hall–Kier alpha value is -3.07. The van der Waals surface area contributed by atoms with Crippen LogP contribution in [0.25, 0.3) is 16.9 Å². The highest BCUT2D eigenvalue weighted by atomic mass is 16.5. The molecule has 0 unspecified atom stereocenters. The summed E-state index contributed by atoms with van der Waals surface area (Å²) >= 11 is 0. The number of amides is 1. The highest BCUT2D eigenvalue weighted by Crippen LogP contribution is 2.16. The van der Waals surface area contributed by atoms with Gasteiger partial charge in [-0.05, 0) is 49.9 Å². The van der Waals surface area contributed by atoms with Crippen LogP contribution in [0.2, 0.25) is 0 Å². The van der Waals surface area contributed by atoms with Crippen LogP contribution in [-0.4, -0.2) is 49.7 Å². The summed E-state index contributed by atoms with van der Waals surface area (Å²) in [5.74, 6) is -0.264. The molecule has 1 N–H and O–H groups in total. The van der Waals surface area contributed by atoms with Gasteiger partial charge in [-0.1, -0.05) is 11.3 Å². The Bertz CT molecular complexity index is 1080. The number of benzene rings is 1. The van der Waals surface area contributed by atoms with Crippen molar-refractivity contribution in [1.82, 2.24) is 29.9 Å². The molecule has 0 spiro atoms. The standard InChI is InChI=1S/C19H22N6O3/c1-12-5-6-14(8-13(12)2)25-18-17(22-23-25)19(27)24(11-21-18)10-16(26)20-9-15-4-3-7-28-15/h5-6,8,11,15H,3-4,7,9-10H2,1-2H3,(H,20,26)/t15-/m0/s1. The fourth-order valence-electron chi connectivity index (χ4n) is 3.23. The summed E-state index contributed by atoms with van der Waals surface area (Å²) < 4.78 is 8.25. The number of rotatable bonds is 5. The molecule has 3 heterocycles. The highest BCUT2D eigenvalue weighted by molar-refractivity contribution is 5.76. The van der Waals surface area contributed by atoms with Crippen LogP contribution in [-0.2, 0) is 16.1 Å². The topological polar surface area (TPSA) is 104 Å². The lowest BCUT2D eigenvalue weighted by Gasteiger charge is -2.11. The molecule has 1 amide bonds. The first-order valence-corrected chi connectivity index (χ1v) is 9.29. The molecule has 9 nitrogen and oxygen atoms in total. The van der Waals surface area contributed by atoms with Gasteiger partial charge in [0.05, 0.1) is 11.8 Å². The minimum absolute atomic E-state index is 0.0548. The number of ether oxygens (including phenoxy) is 1. The fourth-order valence-corrected chi connectivity index (χ4v) is 3.23.